The van der Waals surface area contributed by atoms with E-state index in [9.17, 15) is 0 Å². The van der Waals surface area contributed by atoms with Gasteiger partial charge >= 0.3 is 88.1 Å². The average molecular weight is 316 g/mol. The number of benzene rings is 1. The van der Waals surface area contributed by atoms with Crippen molar-refractivity contribution in [1.82, 2.24) is 0 Å². The van der Waals surface area contributed by atoms with Gasteiger partial charge < -0.3 is 0 Å². The van der Waals surface area contributed by atoms with Crippen molar-refractivity contribution in [2.75, 3.05) is 0 Å². The monoisotopic (exact) mass is 314 g/mol. The second-order valence-electron chi connectivity index (χ2n) is 2.14. The van der Waals surface area contributed by atoms with Gasteiger partial charge in [0.15, 0.2) is 0 Å². The topological polar surface area (TPSA) is 0 Å². The molecule has 4 heteroatoms. The van der Waals surface area contributed by atoms with Gasteiger partial charge in [-0.3, -0.25) is 0 Å². The molecule has 0 N–H and O–H groups in total. The van der Waals surface area contributed by atoms with Crippen molar-refractivity contribution >= 4 is 52.9 Å². The second kappa shape index (κ2) is 4.18. The molecular weight excluding hydrogens is 310 g/mol. The quantitative estimate of drug-likeness (QED) is 0.699. The molecule has 0 spiro atoms. The fourth-order valence-corrected chi connectivity index (χ4v) is 5.57. The van der Waals surface area contributed by atoms with Crippen LogP contribution in [0, 0.1) is 6.92 Å². The van der Waals surface area contributed by atoms with Crippen LogP contribution in [-0.2, 0) is 0 Å². The summed E-state index contributed by atoms with van der Waals surface area (Å²) >= 11 is 1.69. The van der Waals surface area contributed by atoms with Gasteiger partial charge in [-0.25, -0.2) is 0 Å². The molecule has 1 aromatic rings. The Bertz CT molecular complexity index is 263. The first-order valence-electron chi connectivity index (χ1n) is 2.99. The van der Waals surface area contributed by atoms with Crippen molar-refractivity contribution in [2.24, 2.45) is 0 Å². The Kier molecular flexibility index (Phi) is 3.77. The third-order valence-electron chi connectivity index (χ3n) is 1.35. The number of hydrogen-bond acceptors (Lipinski definition) is 0. The molecule has 0 fully saturated rings. The van der Waals surface area contributed by atoms with E-state index in [1.807, 2.05) is 25.1 Å². The standard InChI is InChI=1S/C7H6AsBrCl2/c1-5-3-2-4-6(7(5)9)8(10)11/h2-4H,1H3. The van der Waals surface area contributed by atoms with Gasteiger partial charge in [0.1, 0.15) is 0 Å². The fraction of sp³-hybridized carbons (Fsp3) is 0.143. The van der Waals surface area contributed by atoms with Crippen molar-refractivity contribution in [3.05, 3.63) is 28.2 Å². The molecule has 0 aliphatic heterocycles. The molecule has 1 aromatic carbocycles. The van der Waals surface area contributed by atoms with E-state index in [4.69, 9.17) is 19.9 Å². The number of halogens is 3. The molecule has 11 heavy (non-hydrogen) atoms. The summed E-state index contributed by atoms with van der Waals surface area (Å²) in [6.45, 7) is 2.03. The van der Waals surface area contributed by atoms with E-state index < -0.39 is 12.8 Å². The summed E-state index contributed by atoms with van der Waals surface area (Å²) in [4.78, 5) is 0. The van der Waals surface area contributed by atoms with Crippen LogP contribution < -0.4 is 4.35 Å². The predicted molar refractivity (Wildman–Crippen MR) is 56.0 cm³/mol. The Morgan fingerprint density at radius 3 is 2.45 bits per heavy atom. The van der Waals surface area contributed by atoms with E-state index in [1.165, 1.54) is 5.56 Å². The van der Waals surface area contributed by atoms with Crippen molar-refractivity contribution in [2.45, 2.75) is 6.92 Å². The summed E-state index contributed by atoms with van der Waals surface area (Å²) in [5, 5.41) is 0. The summed E-state index contributed by atoms with van der Waals surface area (Å²) in [6, 6.07) is 5.97. The molecule has 0 saturated carbocycles. The molecule has 0 amide bonds. The first-order chi connectivity index (χ1) is 5.13. The molecule has 0 radical (unpaired) electrons. The van der Waals surface area contributed by atoms with E-state index in [0.717, 1.165) is 8.82 Å². The van der Waals surface area contributed by atoms with Crippen LogP contribution >= 0.6 is 35.8 Å². The third kappa shape index (κ3) is 2.39. The van der Waals surface area contributed by atoms with Gasteiger partial charge in [-0.2, -0.15) is 0 Å². The van der Waals surface area contributed by atoms with Gasteiger partial charge in [-0.05, 0) is 0 Å². The summed E-state index contributed by atoms with van der Waals surface area (Å²) in [6.07, 6.45) is 0. The van der Waals surface area contributed by atoms with Crippen LogP contribution in [0.4, 0.5) is 0 Å². The number of rotatable bonds is 1. The van der Waals surface area contributed by atoms with Crippen LogP contribution in [0.3, 0.4) is 0 Å². The molecule has 0 heterocycles. The van der Waals surface area contributed by atoms with Gasteiger partial charge in [0, 0.05) is 0 Å². The Hall–Kier alpha value is 0.838. The molecule has 0 unspecified atom stereocenters. The first-order valence-corrected chi connectivity index (χ1v) is 9.66. The second-order valence-corrected chi connectivity index (χ2v) is 9.33. The predicted octanol–water partition coefficient (Wildman–Crippen LogP) is 2.93. The van der Waals surface area contributed by atoms with Crippen LogP contribution in [-0.4, -0.2) is 12.8 Å². The number of aryl methyl sites for hydroxylation is 1. The zero-order valence-corrected chi connectivity index (χ0v) is 10.8. The van der Waals surface area contributed by atoms with Crippen LogP contribution in [0.15, 0.2) is 22.7 Å². The van der Waals surface area contributed by atoms with E-state index in [-0.39, 0.29) is 0 Å². The average Bonchev–Trinajstić information content (AvgIpc) is 1.94. The Morgan fingerprint density at radius 2 is 2.00 bits per heavy atom. The molecular formula is C7H6AsBrCl2. The molecule has 0 aliphatic rings. The van der Waals surface area contributed by atoms with Crippen LogP contribution in [0.25, 0.3) is 0 Å². The molecule has 0 saturated heterocycles. The summed E-state index contributed by atoms with van der Waals surface area (Å²) in [5.41, 5.74) is 1.18. The van der Waals surface area contributed by atoms with Gasteiger partial charge in [0.2, 0.25) is 0 Å². The summed E-state index contributed by atoms with van der Waals surface area (Å²) in [7, 11) is 11.7. The van der Waals surface area contributed by atoms with Gasteiger partial charge in [0.05, 0.1) is 0 Å². The van der Waals surface area contributed by atoms with E-state index in [2.05, 4.69) is 15.9 Å². The molecule has 1 rings (SSSR count). The first kappa shape index (κ1) is 9.92. The summed E-state index contributed by atoms with van der Waals surface area (Å²) in [5.74, 6) is 0. The molecule has 0 aromatic heterocycles. The maximum atomic E-state index is 5.86. The Balaban J connectivity index is 3.17. The molecule has 0 bridgehead atoms. The molecule has 0 atom stereocenters. The Labute approximate surface area is 87.6 Å². The molecule has 0 aliphatic carbocycles. The maximum absolute atomic E-state index is 5.86. The van der Waals surface area contributed by atoms with Gasteiger partial charge in [-0.1, -0.05) is 0 Å². The van der Waals surface area contributed by atoms with E-state index in [1.54, 1.807) is 0 Å². The fourth-order valence-electron chi connectivity index (χ4n) is 0.762. The van der Waals surface area contributed by atoms with Crippen molar-refractivity contribution < 1.29 is 0 Å². The van der Waals surface area contributed by atoms with E-state index >= 15 is 0 Å². The minimum atomic E-state index is -1.76. The van der Waals surface area contributed by atoms with Crippen LogP contribution in [0.2, 0.25) is 0 Å². The normalized spacial score (nSPS) is 10.6. The summed E-state index contributed by atoms with van der Waals surface area (Å²) < 4.78 is 2.13. The van der Waals surface area contributed by atoms with Crippen LogP contribution in [0.1, 0.15) is 5.56 Å². The third-order valence-corrected chi connectivity index (χ3v) is 6.51. The molecule has 60 valence electrons. The van der Waals surface area contributed by atoms with E-state index in [0.29, 0.717) is 0 Å². The van der Waals surface area contributed by atoms with Crippen molar-refractivity contribution in [1.29, 1.82) is 0 Å². The zero-order valence-electron chi connectivity index (χ0n) is 5.81. The van der Waals surface area contributed by atoms with Gasteiger partial charge in [0.25, 0.3) is 0 Å². The molecule has 0 nitrogen and oxygen atoms in total. The van der Waals surface area contributed by atoms with Crippen LogP contribution in [0.5, 0.6) is 0 Å². The Morgan fingerprint density at radius 1 is 1.36 bits per heavy atom. The number of hydrogen-bond donors (Lipinski definition) is 0. The van der Waals surface area contributed by atoms with Crippen molar-refractivity contribution in [3.8, 4) is 0 Å². The minimum absolute atomic E-state index is 1.06. The zero-order chi connectivity index (χ0) is 8.43. The SMILES string of the molecule is Cc1cccc([As](Cl)Cl)c1Br. The van der Waals surface area contributed by atoms with Gasteiger partial charge in [-0.15, -0.1) is 0 Å². The van der Waals surface area contributed by atoms with Crippen molar-refractivity contribution in [3.63, 3.8) is 0 Å².